The number of hydroxylamine groups is 2. The van der Waals surface area contributed by atoms with Crippen molar-refractivity contribution in [3.05, 3.63) is 65.4 Å². The van der Waals surface area contributed by atoms with Crippen molar-refractivity contribution in [2.75, 3.05) is 14.2 Å². The van der Waals surface area contributed by atoms with E-state index in [4.69, 9.17) is 4.84 Å². The molecule has 0 aliphatic heterocycles. The lowest BCUT2D eigenvalue weighted by Crippen LogP contribution is -2.25. The first-order valence-electron chi connectivity index (χ1n) is 7.83. The molecular weight excluding hydrogens is 610 g/mol. The summed E-state index contributed by atoms with van der Waals surface area (Å²) in [5, 5.41) is 1.17. The normalized spacial score (nSPS) is 10.3. The molecule has 0 heterocycles. The van der Waals surface area contributed by atoms with Gasteiger partial charge in [0, 0.05) is 42.0 Å². The molecule has 0 spiro atoms. The van der Waals surface area contributed by atoms with Gasteiger partial charge in [-0.2, -0.15) is 0 Å². The molecule has 0 saturated carbocycles. The number of carbonyl (C=O) groups is 2. The van der Waals surface area contributed by atoms with Crippen LogP contribution in [0.1, 0.15) is 34.6 Å². The van der Waals surface area contributed by atoms with Crippen molar-refractivity contribution in [1.82, 2.24) is 5.06 Å². The van der Waals surface area contributed by atoms with Crippen LogP contribution in [0.25, 0.3) is 0 Å². The van der Waals surface area contributed by atoms with E-state index < -0.39 is 0 Å². The van der Waals surface area contributed by atoms with Crippen LogP contribution in [-0.4, -0.2) is 30.9 Å². The minimum Gasteiger partial charge on any atom is -0.294 e. The van der Waals surface area contributed by atoms with Crippen LogP contribution in [0.15, 0.2) is 54.3 Å². The molecule has 2 aromatic rings. The number of nitrogens with zero attached hydrogens (tertiary/aromatic N) is 1. The van der Waals surface area contributed by atoms with E-state index in [0.717, 1.165) is 23.5 Å². The van der Waals surface area contributed by atoms with Gasteiger partial charge in [-0.25, -0.2) is 5.06 Å². The molecule has 4 nitrogen and oxygen atoms in total. The average molecular weight is 629 g/mol. The molecule has 8 heteroatoms. The van der Waals surface area contributed by atoms with Crippen LogP contribution in [0, 0.1) is 5.92 Å². The maximum atomic E-state index is 11.6. The fourth-order valence-corrected chi connectivity index (χ4v) is 4.56. The molecule has 0 saturated heterocycles. The number of amides is 1. The number of Topliss-reactive ketones (excluding diaryl/α,β-unsaturated/α-hetero) is 1. The Bertz CT molecular complexity index is 784. The Kier molecular flexibility index (Phi) is 10.4. The zero-order valence-corrected chi connectivity index (χ0v) is 21.6. The van der Waals surface area contributed by atoms with Gasteiger partial charge in [-0.05, 0) is 36.4 Å². The third-order valence-electron chi connectivity index (χ3n) is 3.34. The van der Waals surface area contributed by atoms with E-state index >= 15 is 0 Å². The molecule has 0 aliphatic carbocycles. The number of carbonyl (C=O) groups excluding carboxylic acids is 2. The van der Waals surface area contributed by atoms with Gasteiger partial charge in [-0.3, -0.25) is 14.4 Å². The van der Waals surface area contributed by atoms with Crippen LogP contribution in [0.2, 0.25) is 0 Å². The Morgan fingerprint density at radius 2 is 1.19 bits per heavy atom. The number of benzene rings is 2. The molecule has 0 atom stereocenters. The van der Waals surface area contributed by atoms with Crippen molar-refractivity contribution in [3.8, 4) is 0 Å². The maximum Gasteiger partial charge on any atom is 0.277 e. The van der Waals surface area contributed by atoms with Crippen LogP contribution >= 0.6 is 63.7 Å². The molecule has 146 valence electrons. The van der Waals surface area contributed by atoms with Gasteiger partial charge in [0.2, 0.25) is 0 Å². The van der Waals surface area contributed by atoms with E-state index in [9.17, 15) is 9.59 Å². The van der Waals surface area contributed by atoms with E-state index in [0.29, 0.717) is 5.56 Å². The Hall–Kier alpha value is -0.540. The maximum absolute atomic E-state index is 11.6. The van der Waals surface area contributed by atoms with Gasteiger partial charge in [-0.15, -0.1) is 0 Å². The fourth-order valence-electron chi connectivity index (χ4n) is 1.97. The molecule has 0 bridgehead atoms. The molecule has 2 aromatic carbocycles. The molecular formula is C19H19Br4NO3. The summed E-state index contributed by atoms with van der Waals surface area (Å²) in [6, 6.07) is 10.9. The monoisotopic (exact) mass is 625 g/mol. The van der Waals surface area contributed by atoms with E-state index in [1.54, 1.807) is 19.2 Å². The lowest BCUT2D eigenvalue weighted by Gasteiger charge is -2.13. The first kappa shape index (κ1) is 24.5. The van der Waals surface area contributed by atoms with Crippen molar-refractivity contribution in [3.63, 3.8) is 0 Å². The van der Waals surface area contributed by atoms with E-state index in [-0.39, 0.29) is 17.6 Å². The number of halogens is 4. The first-order chi connectivity index (χ1) is 12.5. The van der Waals surface area contributed by atoms with E-state index in [1.807, 2.05) is 38.1 Å². The molecule has 0 fully saturated rings. The molecule has 27 heavy (non-hydrogen) atoms. The number of hydrogen-bond acceptors (Lipinski definition) is 3. The lowest BCUT2D eigenvalue weighted by molar-refractivity contribution is -0.0757. The highest BCUT2D eigenvalue weighted by molar-refractivity contribution is 9.11. The molecule has 0 N–H and O–H groups in total. The Balaban J connectivity index is 0.000000271. The van der Waals surface area contributed by atoms with Crippen molar-refractivity contribution < 1.29 is 14.4 Å². The fraction of sp³-hybridized carbons (Fsp3) is 0.263. The summed E-state index contributed by atoms with van der Waals surface area (Å²) in [7, 11) is 3.02. The van der Waals surface area contributed by atoms with E-state index in [2.05, 4.69) is 63.7 Å². The number of rotatable bonds is 4. The summed E-state index contributed by atoms with van der Waals surface area (Å²) < 4.78 is 3.54. The van der Waals surface area contributed by atoms with Crippen LogP contribution in [0.5, 0.6) is 0 Å². The van der Waals surface area contributed by atoms with Crippen LogP contribution < -0.4 is 0 Å². The number of hydrogen-bond donors (Lipinski definition) is 0. The SMILES string of the molecule is CC(C)C(=O)c1cc(Br)cc(Br)c1.CON(C)C(=O)c1cc(Br)cc(Br)c1. The molecule has 0 unspecified atom stereocenters. The van der Waals surface area contributed by atoms with Gasteiger partial charge in [0.25, 0.3) is 5.91 Å². The predicted octanol–water partition coefficient (Wildman–Crippen LogP) is 6.90. The van der Waals surface area contributed by atoms with Gasteiger partial charge in [0.05, 0.1) is 7.11 Å². The minimum absolute atomic E-state index is 0.0428. The smallest absolute Gasteiger partial charge is 0.277 e. The van der Waals surface area contributed by atoms with Gasteiger partial charge >= 0.3 is 0 Å². The Morgan fingerprint density at radius 1 is 0.815 bits per heavy atom. The van der Waals surface area contributed by atoms with Gasteiger partial charge in [0.1, 0.15) is 0 Å². The largest absolute Gasteiger partial charge is 0.294 e. The molecule has 0 radical (unpaired) electrons. The topological polar surface area (TPSA) is 46.6 Å². The Morgan fingerprint density at radius 3 is 1.52 bits per heavy atom. The summed E-state index contributed by atoms with van der Waals surface area (Å²) in [5.41, 5.74) is 1.31. The van der Waals surface area contributed by atoms with Gasteiger partial charge < -0.3 is 0 Å². The van der Waals surface area contributed by atoms with E-state index in [1.165, 1.54) is 12.2 Å². The van der Waals surface area contributed by atoms with Gasteiger partial charge in [0.15, 0.2) is 5.78 Å². The third kappa shape index (κ3) is 8.15. The van der Waals surface area contributed by atoms with Crippen molar-refractivity contribution in [2.24, 2.45) is 5.92 Å². The van der Waals surface area contributed by atoms with Crippen molar-refractivity contribution >= 4 is 75.4 Å². The van der Waals surface area contributed by atoms with Crippen LogP contribution in [0.4, 0.5) is 0 Å². The highest BCUT2D eigenvalue weighted by Gasteiger charge is 2.12. The zero-order valence-electron chi connectivity index (χ0n) is 15.2. The van der Waals surface area contributed by atoms with Crippen LogP contribution in [-0.2, 0) is 4.84 Å². The summed E-state index contributed by atoms with van der Waals surface area (Å²) >= 11 is 13.3. The summed E-state index contributed by atoms with van der Waals surface area (Å²) in [6.07, 6.45) is 0. The standard InChI is InChI=1S/C10H10Br2O.C9H9Br2NO2/c1-6(2)10(13)7-3-8(11)5-9(12)4-7;1-12(14-2)9(13)6-3-7(10)5-8(11)4-6/h3-6H,1-2H3;3-5H,1-2H3. The second kappa shape index (κ2) is 11.5. The second-order valence-corrected chi connectivity index (χ2v) is 9.48. The highest BCUT2D eigenvalue weighted by atomic mass is 79.9. The predicted molar refractivity (Wildman–Crippen MR) is 122 cm³/mol. The lowest BCUT2D eigenvalue weighted by atomic mass is 10.0. The highest BCUT2D eigenvalue weighted by Crippen LogP contribution is 2.22. The Labute approximate surface area is 193 Å². The van der Waals surface area contributed by atoms with Gasteiger partial charge in [-0.1, -0.05) is 77.6 Å². The third-order valence-corrected chi connectivity index (χ3v) is 5.17. The quantitative estimate of drug-likeness (QED) is 0.274. The number of ketones is 1. The average Bonchev–Trinajstić information content (AvgIpc) is 2.58. The second-order valence-electron chi connectivity index (χ2n) is 5.82. The molecule has 1 amide bonds. The summed E-state index contributed by atoms with van der Waals surface area (Å²) in [5.74, 6) is 0.0256. The minimum atomic E-state index is -0.186. The van der Waals surface area contributed by atoms with Crippen molar-refractivity contribution in [1.29, 1.82) is 0 Å². The summed E-state index contributed by atoms with van der Waals surface area (Å²) in [4.78, 5) is 28.0. The summed E-state index contributed by atoms with van der Waals surface area (Å²) in [6.45, 7) is 3.80. The first-order valence-corrected chi connectivity index (χ1v) is 11.0. The molecule has 0 aliphatic rings. The van der Waals surface area contributed by atoms with Crippen molar-refractivity contribution in [2.45, 2.75) is 13.8 Å². The zero-order chi connectivity index (χ0) is 20.7. The van der Waals surface area contributed by atoms with Crippen LogP contribution in [0.3, 0.4) is 0 Å². The molecule has 0 aromatic heterocycles. The molecule has 2 rings (SSSR count).